The number of hydrogen-bond acceptors (Lipinski definition) is 7. The van der Waals surface area contributed by atoms with Crippen molar-refractivity contribution in [2.75, 3.05) is 11.9 Å². The molecule has 1 N–H and O–H groups in total. The standard InChI is InChI=1S/C22H24N6O4/c1-15-20(25-26-27(15)17-9-5-10-18(13-17)28(30)31)22(29)24-21-19(11-6-12-23-21)32-14-16-7-3-2-4-8-16/h5-6,9-13,16H,2-4,7-8,14H2,1H3,(H,23,24,29). The molecule has 1 aromatic carbocycles. The van der Waals surface area contributed by atoms with Gasteiger partial charge in [0.2, 0.25) is 0 Å². The molecule has 1 aliphatic rings. The largest absolute Gasteiger partial charge is 0.489 e. The zero-order valence-electron chi connectivity index (χ0n) is 17.7. The number of ether oxygens (including phenoxy) is 1. The van der Waals surface area contributed by atoms with Gasteiger partial charge in [0.15, 0.2) is 17.3 Å². The van der Waals surface area contributed by atoms with Gasteiger partial charge in [-0.15, -0.1) is 5.10 Å². The number of carbonyl (C=O) groups is 1. The SMILES string of the molecule is Cc1c(C(=O)Nc2ncccc2OCC2CCCCC2)nnn1-c1cccc([N+](=O)[O-])c1. The summed E-state index contributed by atoms with van der Waals surface area (Å²) in [5.74, 6) is 0.859. The van der Waals surface area contributed by atoms with E-state index in [1.807, 2.05) is 0 Å². The number of rotatable bonds is 7. The normalized spacial score (nSPS) is 14.2. The number of pyridine rings is 1. The summed E-state index contributed by atoms with van der Waals surface area (Å²) in [6.07, 6.45) is 7.62. The minimum Gasteiger partial charge on any atom is -0.489 e. The average Bonchev–Trinajstić information content (AvgIpc) is 3.20. The Hall–Kier alpha value is -3.82. The second kappa shape index (κ2) is 9.54. The van der Waals surface area contributed by atoms with Crippen LogP contribution >= 0.6 is 0 Å². The summed E-state index contributed by atoms with van der Waals surface area (Å²) in [7, 11) is 0. The quantitative estimate of drug-likeness (QED) is 0.437. The van der Waals surface area contributed by atoms with E-state index in [2.05, 4.69) is 20.6 Å². The Morgan fingerprint density at radius 3 is 2.84 bits per heavy atom. The van der Waals surface area contributed by atoms with E-state index in [4.69, 9.17) is 4.74 Å². The number of nitrogens with one attached hydrogen (secondary N) is 1. The lowest BCUT2D eigenvalue weighted by Gasteiger charge is -2.22. The van der Waals surface area contributed by atoms with Crippen molar-refractivity contribution in [1.29, 1.82) is 0 Å². The van der Waals surface area contributed by atoms with E-state index in [9.17, 15) is 14.9 Å². The molecule has 4 rings (SSSR count). The third kappa shape index (κ3) is 4.74. The van der Waals surface area contributed by atoms with Crippen molar-refractivity contribution in [1.82, 2.24) is 20.0 Å². The Labute approximate surface area is 184 Å². The van der Waals surface area contributed by atoms with Gasteiger partial charge in [0.25, 0.3) is 11.6 Å². The number of nitro groups is 1. The van der Waals surface area contributed by atoms with Crippen LogP contribution in [0.1, 0.15) is 48.3 Å². The number of anilines is 1. The summed E-state index contributed by atoms with van der Waals surface area (Å²) in [4.78, 5) is 27.7. The van der Waals surface area contributed by atoms with Crippen LogP contribution in [0, 0.1) is 23.0 Å². The lowest BCUT2D eigenvalue weighted by atomic mass is 9.90. The van der Waals surface area contributed by atoms with E-state index in [0.29, 0.717) is 35.5 Å². The first-order valence-electron chi connectivity index (χ1n) is 10.6. The summed E-state index contributed by atoms with van der Waals surface area (Å²) < 4.78 is 7.36. The second-order valence-corrected chi connectivity index (χ2v) is 7.83. The molecule has 0 atom stereocenters. The molecule has 3 aromatic rings. The van der Waals surface area contributed by atoms with Crippen molar-refractivity contribution in [3.05, 3.63) is 64.1 Å². The maximum Gasteiger partial charge on any atom is 0.279 e. The molecule has 1 amide bonds. The topological polar surface area (TPSA) is 125 Å². The highest BCUT2D eigenvalue weighted by Crippen LogP contribution is 2.27. The van der Waals surface area contributed by atoms with Gasteiger partial charge in [-0.25, -0.2) is 9.67 Å². The van der Waals surface area contributed by atoms with E-state index >= 15 is 0 Å². The lowest BCUT2D eigenvalue weighted by Crippen LogP contribution is -2.18. The lowest BCUT2D eigenvalue weighted by molar-refractivity contribution is -0.384. The van der Waals surface area contributed by atoms with Crippen molar-refractivity contribution in [3.8, 4) is 11.4 Å². The maximum atomic E-state index is 12.9. The first-order valence-corrected chi connectivity index (χ1v) is 10.6. The Morgan fingerprint density at radius 1 is 1.25 bits per heavy atom. The fourth-order valence-electron chi connectivity index (χ4n) is 3.85. The van der Waals surface area contributed by atoms with E-state index in [1.54, 1.807) is 37.4 Å². The Bertz CT molecular complexity index is 1120. The molecule has 10 nitrogen and oxygen atoms in total. The van der Waals surface area contributed by atoms with Gasteiger partial charge in [0.1, 0.15) is 0 Å². The molecule has 1 fully saturated rings. The third-order valence-electron chi connectivity index (χ3n) is 5.60. The number of aromatic nitrogens is 4. The average molecular weight is 436 g/mol. The molecule has 166 valence electrons. The summed E-state index contributed by atoms with van der Waals surface area (Å²) in [5.41, 5.74) is 0.915. The molecule has 0 aliphatic heterocycles. The van der Waals surface area contributed by atoms with Crippen LogP contribution < -0.4 is 10.1 Å². The highest BCUT2D eigenvalue weighted by Gasteiger charge is 2.21. The predicted molar refractivity (Wildman–Crippen MR) is 117 cm³/mol. The Kier molecular flexibility index (Phi) is 6.39. The summed E-state index contributed by atoms with van der Waals surface area (Å²) >= 11 is 0. The number of carbonyl (C=O) groups excluding carboxylic acids is 1. The zero-order chi connectivity index (χ0) is 22.5. The molecule has 1 aliphatic carbocycles. The number of nitro benzene ring substituents is 1. The first-order chi connectivity index (χ1) is 15.5. The minimum atomic E-state index is -0.487. The summed E-state index contributed by atoms with van der Waals surface area (Å²) in [5, 5.41) is 21.8. The Balaban J connectivity index is 1.49. The molecule has 1 saturated carbocycles. The van der Waals surface area contributed by atoms with E-state index in [1.165, 1.54) is 36.1 Å². The van der Waals surface area contributed by atoms with Crippen molar-refractivity contribution >= 4 is 17.4 Å². The molecule has 2 aromatic heterocycles. The van der Waals surface area contributed by atoms with Crippen LogP contribution in [0.4, 0.5) is 11.5 Å². The second-order valence-electron chi connectivity index (χ2n) is 7.83. The number of benzene rings is 1. The van der Waals surface area contributed by atoms with Gasteiger partial charge >= 0.3 is 0 Å². The molecular weight excluding hydrogens is 412 g/mol. The molecule has 0 unspecified atom stereocenters. The molecule has 2 heterocycles. The molecule has 0 saturated heterocycles. The molecule has 0 spiro atoms. The minimum absolute atomic E-state index is 0.0726. The third-order valence-corrected chi connectivity index (χ3v) is 5.60. The van der Waals surface area contributed by atoms with Gasteiger partial charge in [-0.3, -0.25) is 14.9 Å². The van der Waals surface area contributed by atoms with Crippen molar-refractivity contribution < 1.29 is 14.5 Å². The van der Waals surface area contributed by atoms with Gasteiger partial charge in [0, 0.05) is 18.3 Å². The molecular formula is C22H24N6O4. The summed E-state index contributed by atoms with van der Waals surface area (Å²) in [6.45, 7) is 2.27. The van der Waals surface area contributed by atoms with Crippen molar-refractivity contribution in [2.24, 2.45) is 5.92 Å². The molecule has 10 heteroatoms. The molecule has 0 bridgehead atoms. The van der Waals surface area contributed by atoms with Crippen molar-refractivity contribution in [2.45, 2.75) is 39.0 Å². The molecule has 32 heavy (non-hydrogen) atoms. The maximum absolute atomic E-state index is 12.9. The number of nitrogens with zero attached hydrogens (tertiary/aromatic N) is 5. The number of non-ortho nitro benzene ring substituents is 1. The van der Waals surface area contributed by atoms with Crippen molar-refractivity contribution in [3.63, 3.8) is 0 Å². The van der Waals surface area contributed by atoms with Crippen LogP contribution in [0.3, 0.4) is 0 Å². The summed E-state index contributed by atoms with van der Waals surface area (Å²) in [6, 6.07) is 9.51. The van der Waals surface area contributed by atoms with Gasteiger partial charge in [0.05, 0.1) is 22.9 Å². The van der Waals surface area contributed by atoms with Crippen LogP contribution in [-0.4, -0.2) is 37.4 Å². The smallest absolute Gasteiger partial charge is 0.279 e. The van der Waals surface area contributed by atoms with E-state index in [0.717, 1.165) is 12.8 Å². The van der Waals surface area contributed by atoms with E-state index in [-0.39, 0.29) is 11.4 Å². The van der Waals surface area contributed by atoms with Crippen LogP contribution in [-0.2, 0) is 0 Å². The monoisotopic (exact) mass is 436 g/mol. The van der Waals surface area contributed by atoms with Gasteiger partial charge < -0.3 is 10.1 Å². The van der Waals surface area contributed by atoms with Gasteiger partial charge in [-0.1, -0.05) is 30.5 Å². The fourth-order valence-corrected chi connectivity index (χ4v) is 3.85. The van der Waals surface area contributed by atoms with E-state index < -0.39 is 10.8 Å². The van der Waals surface area contributed by atoms with Crippen LogP contribution in [0.25, 0.3) is 5.69 Å². The fraction of sp³-hybridized carbons (Fsp3) is 0.364. The van der Waals surface area contributed by atoms with Crippen LogP contribution in [0.5, 0.6) is 5.75 Å². The predicted octanol–water partition coefficient (Wildman–Crippen LogP) is 4.09. The van der Waals surface area contributed by atoms with Crippen LogP contribution in [0.15, 0.2) is 42.6 Å². The first kappa shape index (κ1) is 21.4. The molecule has 0 radical (unpaired) electrons. The zero-order valence-corrected chi connectivity index (χ0v) is 17.7. The Morgan fingerprint density at radius 2 is 2.06 bits per heavy atom. The van der Waals surface area contributed by atoms with Crippen LogP contribution in [0.2, 0.25) is 0 Å². The van der Waals surface area contributed by atoms with Gasteiger partial charge in [-0.05, 0) is 43.9 Å². The van der Waals surface area contributed by atoms with Gasteiger partial charge in [-0.2, -0.15) is 0 Å². The highest BCUT2D eigenvalue weighted by atomic mass is 16.6. The number of hydrogen-bond donors (Lipinski definition) is 1. The highest BCUT2D eigenvalue weighted by molar-refractivity contribution is 6.03. The number of amides is 1.